The van der Waals surface area contributed by atoms with E-state index in [0.717, 1.165) is 54.7 Å². The number of benzene rings is 3. The summed E-state index contributed by atoms with van der Waals surface area (Å²) in [5.74, 6) is 0.260. The highest BCUT2D eigenvalue weighted by atomic mass is 32.2. The third kappa shape index (κ3) is 7.82. The lowest BCUT2D eigenvalue weighted by atomic mass is 9.68. The fourth-order valence-corrected chi connectivity index (χ4v) is 8.70. The number of sulfone groups is 1. The van der Waals surface area contributed by atoms with Gasteiger partial charge in [-0.2, -0.15) is 0 Å². The minimum absolute atomic E-state index is 0.0234. The van der Waals surface area contributed by atoms with Crippen LogP contribution in [0.2, 0.25) is 0 Å². The van der Waals surface area contributed by atoms with Crippen LogP contribution < -0.4 is 9.64 Å². The quantitative estimate of drug-likeness (QED) is 0.200. The molecule has 1 unspecified atom stereocenters. The lowest BCUT2D eigenvalue weighted by molar-refractivity contribution is 0.0127. The molecule has 0 aliphatic carbocycles. The topological polar surface area (TPSA) is 66.8 Å². The number of rotatable bonds is 14. The molecule has 1 aliphatic rings. The van der Waals surface area contributed by atoms with Crippen LogP contribution in [0.5, 0.6) is 5.75 Å². The number of hydrogen-bond acceptors (Lipinski definition) is 5. The van der Waals surface area contributed by atoms with Gasteiger partial charge in [-0.25, -0.2) is 8.42 Å². The third-order valence-electron chi connectivity index (χ3n) is 9.14. The molecule has 0 radical (unpaired) electrons. The molecule has 43 heavy (non-hydrogen) atoms. The molecular weight excluding hydrogens is 554 g/mol. The number of hydrogen-bond donors (Lipinski definition) is 1. The lowest BCUT2D eigenvalue weighted by Crippen LogP contribution is -2.43. The zero-order valence-corrected chi connectivity index (χ0v) is 27.6. The summed E-state index contributed by atoms with van der Waals surface area (Å²) in [6, 6.07) is 22.1. The average molecular weight is 606 g/mol. The molecule has 0 bridgehead atoms. The van der Waals surface area contributed by atoms with E-state index < -0.39 is 27.3 Å². The van der Waals surface area contributed by atoms with E-state index in [4.69, 9.17) is 4.74 Å². The van der Waals surface area contributed by atoms with E-state index in [1.54, 1.807) is 6.07 Å². The van der Waals surface area contributed by atoms with Crippen molar-refractivity contribution in [3.8, 4) is 5.75 Å². The highest BCUT2D eigenvalue weighted by molar-refractivity contribution is 7.91. The molecule has 3 aromatic rings. The monoisotopic (exact) mass is 605 g/mol. The minimum Gasteiger partial charge on any atom is -0.489 e. The second-order valence-corrected chi connectivity index (χ2v) is 14.6. The Morgan fingerprint density at radius 2 is 1.44 bits per heavy atom. The predicted molar refractivity (Wildman–Crippen MR) is 178 cm³/mol. The van der Waals surface area contributed by atoms with Crippen LogP contribution in [-0.4, -0.2) is 39.5 Å². The summed E-state index contributed by atoms with van der Waals surface area (Å²) in [5, 5.41) is 12.4. The van der Waals surface area contributed by atoms with E-state index in [2.05, 4.69) is 45.0 Å². The number of ether oxygens (including phenoxy) is 1. The molecule has 0 fully saturated rings. The first-order valence-corrected chi connectivity index (χ1v) is 17.8. The van der Waals surface area contributed by atoms with Crippen LogP contribution in [-0.2, 0) is 22.9 Å². The Morgan fingerprint density at radius 3 is 2.02 bits per heavy atom. The number of aryl methyl sites for hydroxylation is 1. The molecule has 3 aromatic carbocycles. The van der Waals surface area contributed by atoms with E-state index >= 15 is 0 Å². The normalized spacial score (nSPS) is 18.9. The van der Waals surface area contributed by atoms with Gasteiger partial charge in [-0.15, -0.1) is 0 Å². The number of nitrogens with zero attached hydrogens (tertiary/aromatic N) is 1. The molecule has 5 nitrogen and oxygen atoms in total. The molecule has 0 spiro atoms. The predicted octanol–water partition coefficient (Wildman–Crippen LogP) is 8.32. The van der Waals surface area contributed by atoms with Crippen LogP contribution in [0.15, 0.2) is 71.6 Å². The molecule has 1 aliphatic heterocycles. The molecular formula is C37H51NO4S. The van der Waals surface area contributed by atoms with Crippen LogP contribution in [0.25, 0.3) is 0 Å². The van der Waals surface area contributed by atoms with Crippen LogP contribution in [0, 0.1) is 5.41 Å². The van der Waals surface area contributed by atoms with Crippen LogP contribution in [0.1, 0.15) is 100 Å². The van der Waals surface area contributed by atoms with Crippen molar-refractivity contribution >= 4 is 15.5 Å². The van der Waals surface area contributed by atoms with Crippen molar-refractivity contribution < 1.29 is 18.3 Å². The van der Waals surface area contributed by atoms with Crippen molar-refractivity contribution in [3.63, 3.8) is 0 Å². The summed E-state index contributed by atoms with van der Waals surface area (Å²) in [4.78, 5) is 2.33. The molecule has 2 atom stereocenters. The fraction of sp³-hybridized carbons (Fsp3) is 0.514. The summed E-state index contributed by atoms with van der Waals surface area (Å²) in [5.41, 5.74) is 4.27. The van der Waals surface area contributed by atoms with Gasteiger partial charge in [0.2, 0.25) is 0 Å². The van der Waals surface area contributed by atoms with E-state index in [1.165, 1.54) is 18.4 Å². The van der Waals surface area contributed by atoms with Crippen molar-refractivity contribution in [3.05, 3.63) is 89.0 Å². The summed E-state index contributed by atoms with van der Waals surface area (Å²) >= 11 is 0. The molecule has 0 aromatic heterocycles. The maximum absolute atomic E-state index is 14.0. The zero-order valence-electron chi connectivity index (χ0n) is 26.8. The Balaban J connectivity index is 1.69. The maximum Gasteiger partial charge on any atom is 0.179 e. The molecule has 234 valence electrons. The smallest absolute Gasteiger partial charge is 0.179 e. The summed E-state index contributed by atoms with van der Waals surface area (Å²) in [6.07, 6.45) is 7.71. The third-order valence-corrected chi connectivity index (χ3v) is 11.1. The van der Waals surface area contributed by atoms with E-state index in [-0.39, 0.29) is 5.75 Å². The van der Waals surface area contributed by atoms with Gasteiger partial charge in [-0.3, -0.25) is 0 Å². The van der Waals surface area contributed by atoms with Gasteiger partial charge in [0.1, 0.15) is 12.4 Å². The van der Waals surface area contributed by atoms with Gasteiger partial charge >= 0.3 is 0 Å². The first-order chi connectivity index (χ1) is 20.6. The van der Waals surface area contributed by atoms with Gasteiger partial charge in [0.15, 0.2) is 9.84 Å². The van der Waals surface area contributed by atoms with Crippen LogP contribution in [0.4, 0.5) is 5.69 Å². The number of fused-ring (bicyclic) bond motifs is 1. The first kappa shape index (κ1) is 33.1. The van der Waals surface area contributed by atoms with Crippen LogP contribution in [0.3, 0.4) is 0 Å². The lowest BCUT2D eigenvalue weighted by Gasteiger charge is -2.40. The first-order valence-electron chi connectivity index (χ1n) is 16.2. The van der Waals surface area contributed by atoms with Gasteiger partial charge in [0, 0.05) is 31.1 Å². The number of aliphatic hydroxyl groups is 1. The largest absolute Gasteiger partial charge is 0.489 e. The minimum atomic E-state index is -3.62. The highest BCUT2D eigenvalue weighted by Gasteiger charge is 2.49. The second-order valence-electron chi connectivity index (χ2n) is 12.6. The second kappa shape index (κ2) is 14.8. The fourth-order valence-electron chi connectivity index (χ4n) is 6.51. The van der Waals surface area contributed by atoms with E-state index in [1.807, 2.05) is 55.4 Å². The number of aliphatic hydroxyl groups excluding tert-OH is 1. The van der Waals surface area contributed by atoms with Crippen molar-refractivity contribution in [2.75, 3.05) is 24.7 Å². The van der Waals surface area contributed by atoms with Gasteiger partial charge in [-0.1, -0.05) is 89.3 Å². The molecule has 1 N–H and O–H groups in total. The summed E-state index contributed by atoms with van der Waals surface area (Å²) in [6.45, 7) is 6.94. The van der Waals surface area contributed by atoms with Crippen molar-refractivity contribution in [2.45, 2.75) is 102 Å². The Kier molecular flexibility index (Phi) is 11.4. The van der Waals surface area contributed by atoms with E-state index in [9.17, 15) is 13.5 Å². The number of anilines is 1. The Labute approximate surface area is 260 Å². The standard InChI is InChI=1S/C37H51NO4S/c1-6-9-12-28-13-15-29(16-14-28)26-42-32-20-17-30(18-21-32)35-33-25-31(38(4)5)19-22-34(33)43(40,41)27-37(36(35)39,23-10-7-2)24-11-8-3/h13-22,25,35-36,39H,6-12,23-24,26-27H2,1-5H3/t35-,36?/m1/s1. The molecule has 6 heteroatoms. The van der Waals surface area contributed by atoms with Crippen LogP contribution >= 0.6 is 0 Å². The molecule has 0 amide bonds. The summed E-state index contributed by atoms with van der Waals surface area (Å²) in [7, 11) is 0.286. The van der Waals surface area contributed by atoms with Crippen molar-refractivity contribution in [1.82, 2.24) is 0 Å². The SMILES string of the molecule is CCCCc1ccc(COc2ccc([C@@H]3c4cc(N(C)C)ccc4S(=O)(=O)CC(CCCC)(CCCC)C3O)cc2)cc1. The number of unbranched alkanes of at least 4 members (excludes halogenated alkanes) is 3. The van der Waals surface area contributed by atoms with Gasteiger partial charge in [0.25, 0.3) is 0 Å². The maximum atomic E-state index is 14.0. The van der Waals surface area contributed by atoms with Gasteiger partial charge in [0.05, 0.1) is 16.8 Å². The highest BCUT2D eigenvalue weighted by Crippen LogP contribution is 2.50. The van der Waals surface area contributed by atoms with Crippen molar-refractivity contribution in [1.29, 1.82) is 0 Å². The Hall–Kier alpha value is -2.83. The summed E-state index contributed by atoms with van der Waals surface area (Å²) < 4.78 is 34.2. The van der Waals surface area contributed by atoms with Gasteiger partial charge < -0.3 is 14.7 Å². The molecule has 0 saturated carbocycles. The van der Waals surface area contributed by atoms with E-state index in [0.29, 0.717) is 29.9 Å². The molecule has 1 heterocycles. The molecule has 0 saturated heterocycles. The van der Waals surface area contributed by atoms with Crippen molar-refractivity contribution in [2.24, 2.45) is 5.41 Å². The average Bonchev–Trinajstić information content (AvgIpc) is 3.07. The molecule has 4 rings (SSSR count). The Bertz CT molecular complexity index is 1410. The zero-order chi connectivity index (χ0) is 31.0. The Morgan fingerprint density at radius 1 is 0.837 bits per heavy atom. The van der Waals surface area contributed by atoms with Gasteiger partial charge in [-0.05, 0) is 78.3 Å².